The number of halogens is 3. The van der Waals surface area contributed by atoms with Crippen molar-refractivity contribution in [2.24, 2.45) is 5.92 Å². The van der Waals surface area contributed by atoms with Crippen molar-refractivity contribution in [1.82, 2.24) is 5.32 Å². The SMILES string of the molecule is CCOc1ccc([C@H]2C(C#N)=C(SCC(=O)Nc3ccc(Br)cc3Cl)NC(=O)[C@@H]2C(=O)OC)cc1Cl. The summed E-state index contributed by atoms with van der Waals surface area (Å²) in [6, 6.07) is 11.9. The average Bonchev–Trinajstić information content (AvgIpc) is 2.84. The van der Waals surface area contributed by atoms with Crippen molar-refractivity contribution in [1.29, 1.82) is 5.26 Å². The highest BCUT2D eigenvalue weighted by Gasteiger charge is 2.44. The number of hydrogen-bond donors (Lipinski definition) is 2. The number of nitriles is 1. The van der Waals surface area contributed by atoms with E-state index in [4.69, 9.17) is 32.7 Å². The molecule has 0 saturated heterocycles. The van der Waals surface area contributed by atoms with Gasteiger partial charge in [0.2, 0.25) is 11.8 Å². The second-order valence-corrected chi connectivity index (χ2v) is 10.1. The Kier molecular flexibility index (Phi) is 9.68. The number of benzene rings is 2. The fourth-order valence-electron chi connectivity index (χ4n) is 3.58. The number of thioether (sulfide) groups is 1. The maximum absolute atomic E-state index is 13.0. The molecular formula is C24H20BrCl2N3O5S. The Labute approximate surface area is 230 Å². The Morgan fingerprint density at radius 3 is 2.58 bits per heavy atom. The summed E-state index contributed by atoms with van der Waals surface area (Å²) in [4.78, 5) is 38.1. The highest BCUT2D eigenvalue weighted by atomic mass is 79.9. The lowest BCUT2D eigenvalue weighted by Crippen LogP contribution is -2.44. The molecule has 0 bridgehead atoms. The second kappa shape index (κ2) is 12.5. The molecule has 188 valence electrons. The molecule has 0 saturated carbocycles. The first-order chi connectivity index (χ1) is 17.2. The molecule has 36 heavy (non-hydrogen) atoms. The third-order valence-electron chi connectivity index (χ3n) is 5.15. The molecule has 0 unspecified atom stereocenters. The van der Waals surface area contributed by atoms with Crippen LogP contribution in [-0.2, 0) is 19.1 Å². The molecule has 0 fully saturated rings. The lowest BCUT2D eigenvalue weighted by Gasteiger charge is -2.31. The van der Waals surface area contributed by atoms with Gasteiger partial charge >= 0.3 is 5.97 Å². The molecule has 2 aromatic carbocycles. The zero-order valence-electron chi connectivity index (χ0n) is 19.1. The molecule has 0 radical (unpaired) electrons. The minimum atomic E-state index is -1.32. The van der Waals surface area contributed by atoms with Crippen molar-refractivity contribution >= 4 is 74.4 Å². The third kappa shape index (κ3) is 6.34. The average molecular weight is 613 g/mol. The van der Waals surface area contributed by atoms with Crippen molar-refractivity contribution in [3.05, 3.63) is 67.1 Å². The van der Waals surface area contributed by atoms with Gasteiger partial charge in [0.25, 0.3) is 0 Å². The number of methoxy groups -OCH3 is 1. The summed E-state index contributed by atoms with van der Waals surface area (Å²) >= 11 is 16.8. The van der Waals surface area contributed by atoms with Gasteiger partial charge in [0.15, 0.2) is 0 Å². The lowest BCUT2D eigenvalue weighted by atomic mass is 9.78. The van der Waals surface area contributed by atoms with Crippen LogP contribution in [0.15, 0.2) is 51.5 Å². The summed E-state index contributed by atoms with van der Waals surface area (Å²) in [5, 5.41) is 16.1. The molecule has 12 heteroatoms. The minimum absolute atomic E-state index is 0.102. The predicted molar refractivity (Wildman–Crippen MR) is 142 cm³/mol. The molecule has 2 N–H and O–H groups in total. The largest absolute Gasteiger partial charge is 0.492 e. The van der Waals surface area contributed by atoms with E-state index in [0.29, 0.717) is 28.6 Å². The normalized spacial score (nSPS) is 17.2. The topological polar surface area (TPSA) is 118 Å². The van der Waals surface area contributed by atoms with Crippen LogP contribution in [0.2, 0.25) is 10.0 Å². The molecule has 3 rings (SSSR count). The van der Waals surface area contributed by atoms with E-state index in [1.54, 1.807) is 36.4 Å². The van der Waals surface area contributed by atoms with E-state index >= 15 is 0 Å². The van der Waals surface area contributed by atoms with Crippen LogP contribution >= 0.6 is 50.9 Å². The van der Waals surface area contributed by atoms with Crippen molar-refractivity contribution in [2.45, 2.75) is 12.8 Å². The molecule has 2 atom stereocenters. The number of nitrogens with one attached hydrogen (secondary N) is 2. The van der Waals surface area contributed by atoms with Crippen molar-refractivity contribution in [3.63, 3.8) is 0 Å². The molecular weight excluding hydrogens is 593 g/mol. The number of ether oxygens (including phenoxy) is 2. The number of amides is 2. The number of esters is 1. The molecule has 0 aliphatic carbocycles. The molecule has 1 aliphatic heterocycles. The summed E-state index contributed by atoms with van der Waals surface area (Å²) in [7, 11) is 1.16. The van der Waals surface area contributed by atoms with Crippen molar-refractivity contribution < 1.29 is 23.9 Å². The molecule has 1 aliphatic rings. The smallest absolute Gasteiger partial charge is 0.319 e. The van der Waals surface area contributed by atoms with E-state index in [1.807, 2.05) is 6.92 Å². The maximum Gasteiger partial charge on any atom is 0.319 e. The Morgan fingerprint density at radius 1 is 1.22 bits per heavy atom. The van der Waals surface area contributed by atoms with E-state index in [-0.39, 0.29) is 21.4 Å². The fraction of sp³-hybridized carbons (Fsp3) is 0.250. The molecule has 2 aromatic rings. The minimum Gasteiger partial charge on any atom is -0.492 e. The Hall–Kier alpha value is -2.71. The molecule has 0 spiro atoms. The van der Waals surface area contributed by atoms with E-state index in [2.05, 4.69) is 32.6 Å². The van der Waals surface area contributed by atoms with Gasteiger partial charge < -0.3 is 20.1 Å². The zero-order chi connectivity index (χ0) is 26.4. The number of carbonyl (C=O) groups is 3. The highest BCUT2D eigenvalue weighted by molar-refractivity contribution is 9.10. The first kappa shape index (κ1) is 27.9. The Balaban J connectivity index is 1.92. The summed E-state index contributed by atoms with van der Waals surface area (Å²) in [5.41, 5.74) is 0.972. The first-order valence-corrected chi connectivity index (χ1v) is 13.1. The van der Waals surface area contributed by atoms with Crippen LogP contribution in [-0.4, -0.2) is 37.3 Å². The van der Waals surface area contributed by atoms with Crippen molar-refractivity contribution in [2.75, 3.05) is 24.8 Å². The van der Waals surface area contributed by atoms with Crippen molar-refractivity contribution in [3.8, 4) is 11.8 Å². The number of nitrogens with zero attached hydrogens (tertiary/aromatic N) is 1. The lowest BCUT2D eigenvalue weighted by molar-refractivity contribution is -0.150. The number of hydrogen-bond acceptors (Lipinski definition) is 7. The zero-order valence-corrected chi connectivity index (χ0v) is 23.0. The molecule has 2 amide bonds. The Bertz CT molecular complexity index is 1280. The number of anilines is 1. The first-order valence-electron chi connectivity index (χ1n) is 10.5. The standard InChI is InChI=1S/C24H20BrCl2N3O5S/c1-3-35-18-7-4-12(8-16(18)27)20-14(10-28)23(30-22(32)21(20)24(33)34-2)36-11-19(31)29-17-6-5-13(25)9-15(17)26/h4-9,20-21H,3,11H2,1-2H3,(H,29,31)(H,30,32)/t20-,21+/m0/s1. The fourth-order valence-corrected chi connectivity index (χ4v) is 5.39. The molecule has 8 nitrogen and oxygen atoms in total. The maximum atomic E-state index is 13.0. The number of rotatable bonds is 8. The van der Waals surface area contributed by atoms with Gasteiger partial charge in [-0.25, -0.2) is 0 Å². The van der Waals surface area contributed by atoms with E-state index in [0.717, 1.165) is 23.3 Å². The van der Waals surface area contributed by atoms with Gasteiger partial charge in [-0.05, 0) is 42.8 Å². The summed E-state index contributed by atoms with van der Waals surface area (Å²) < 4.78 is 11.1. The van der Waals surface area contributed by atoms with Gasteiger partial charge in [0, 0.05) is 10.4 Å². The summed E-state index contributed by atoms with van der Waals surface area (Å²) in [6.07, 6.45) is 0. The van der Waals surface area contributed by atoms with Crippen LogP contribution in [0, 0.1) is 17.2 Å². The van der Waals surface area contributed by atoms with Crippen LogP contribution in [0.3, 0.4) is 0 Å². The van der Waals surface area contributed by atoms with Gasteiger partial charge in [-0.2, -0.15) is 5.26 Å². The van der Waals surface area contributed by atoms with Gasteiger partial charge in [-0.3, -0.25) is 14.4 Å². The summed E-state index contributed by atoms with van der Waals surface area (Å²) in [5.74, 6) is -3.87. The van der Waals surface area contributed by atoms with Gasteiger partial charge in [-0.15, -0.1) is 0 Å². The quantitative estimate of drug-likeness (QED) is 0.308. The van der Waals surface area contributed by atoms with Crippen LogP contribution < -0.4 is 15.4 Å². The highest BCUT2D eigenvalue weighted by Crippen LogP contribution is 2.42. The van der Waals surface area contributed by atoms with E-state index in [1.165, 1.54) is 0 Å². The van der Waals surface area contributed by atoms with Crippen LogP contribution in [0.4, 0.5) is 5.69 Å². The van der Waals surface area contributed by atoms with E-state index < -0.39 is 29.6 Å². The summed E-state index contributed by atoms with van der Waals surface area (Å²) in [6.45, 7) is 2.21. The van der Waals surface area contributed by atoms with Crippen LogP contribution in [0.1, 0.15) is 18.4 Å². The van der Waals surface area contributed by atoms with Gasteiger partial charge in [0.1, 0.15) is 11.7 Å². The monoisotopic (exact) mass is 611 g/mol. The predicted octanol–water partition coefficient (Wildman–Crippen LogP) is 5.26. The van der Waals surface area contributed by atoms with Crippen LogP contribution in [0.25, 0.3) is 0 Å². The van der Waals surface area contributed by atoms with Gasteiger partial charge in [0.05, 0.1) is 51.9 Å². The van der Waals surface area contributed by atoms with Crippen LogP contribution in [0.5, 0.6) is 5.75 Å². The molecule has 1 heterocycles. The molecule has 0 aromatic heterocycles. The second-order valence-electron chi connectivity index (χ2n) is 7.41. The third-order valence-corrected chi connectivity index (χ3v) is 7.27. The van der Waals surface area contributed by atoms with Gasteiger partial charge in [-0.1, -0.05) is 57.0 Å². The number of allylic oxidation sites excluding steroid dienone is 1. The number of carbonyl (C=O) groups excluding carboxylic acids is 3. The Morgan fingerprint density at radius 2 is 1.97 bits per heavy atom. The van der Waals surface area contributed by atoms with E-state index in [9.17, 15) is 19.6 Å².